The van der Waals surface area contributed by atoms with Crippen molar-refractivity contribution in [1.82, 2.24) is 0 Å². The second-order valence-corrected chi connectivity index (χ2v) is 3.20. The first-order chi connectivity index (χ1) is 7.39. The van der Waals surface area contributed by atoms with Crippen LogP contribution in [0.25, 0.3) is 0 Å². The van der Waals surface area contributed by atoms with E-state index in [0.29, 0.717) is 0 Å². The summed E-state index contributed by atoms with van der Waals surface area (Å²) in [5.41, 5.74) is -0.217. The SMILES string of the molecule is COC(=O)C(O)C(O)(O)c1cccc(O)c1. The lowest BCUT2D eigenvalue weighted by atomic mass is 10.00. The highest BCUT2D eigenvalue weighted by Crippen LogP contribution is 2.25. The molecule has 0 aliphatic carbocycles. The third-order valence-corrected chi connectivity index (χ3v) is 2.08. The highest BCUT2D eigenvalue weighted by atomic mass is 16.6. The van der Waals surface area contributed by atoms with E-state index in [1.165, 1.54) is 18.2 Å². The number of methoxy groups -OCH3 is 1. The van der Waals surface area contributed by atoms with E-state index in [2.05, 4.69) is 4.74 Å². The van der Waals surface area contributed by atoms with Crippen LogP contribution in [0.3, 0.4) is 0 Å². The maximum Gasteiger partial charge on any atom is 0.340 e. The molecule has 16 heavy (non-hydrogen) atoms. The molecular weight excluding hydrogens is 216 g/mol. The molecule has 1 aromatic rings. The van der Waals surface area contributed by atoms with Gasteiger partial charge in [0.2, 0.25) is 11.9 Å². The maximum atomic E-state index is 11.0. The van der Waals surface area contributed by atoms with E-state index >= 15 is 0 Å². The highest BCUT2D eigenvalue weighted by Gasteiger charge is 2.41. The number of hydrogen-bond donors (Lipinski definition) is 4. The molecule has 4 N–H and O–H groups in total. The molecule has 0 aromatic heterocycles. The number of carbonyl (C=O) groups excluding carboxylic acids is 1. The van der Waals surface area contributed by atoms with Crippen LogP contribution in [0.2, 0.25) is 0 Å². The molecule has 1 rings (SSSR count). The average Bonchev–Trinajstić information content (AvgIpc) is 2.27. The Morgan fingerprint density at radius 2 is 2.06 bits per heavy atom. The molecule has 0 spiro atoms. The van der Waals surface area contributed by atoms with Crippen molar-refractivity contribution in [3.63, 3.8) is 0 Å². The molecule has 0 saturated heterocycles. The van der Waals surface area contributed by atoms with Gasteiger partial charge in [-0.25, -0.2) is 4.79 Å². The first kappa shape index (κ1) is 12.4. The van der Waals surface area contributed by atoms with Gasteiger partial charge >= 0.3 is 5.97 Å². The molecule has 6 nitrogen and oxygen atoms in total. The van der Waals surface area contributed by atoms with Crippen molar-refractivity contribution in [1.29, 1.82) is 0 Å². The Hall–Kier alpha value is -1.63. The summed E-state index contributed by atoms with van der Waals surface area (Å²) in [6.07, 6.45) is -2.15. The zero-order chi connectivity index (χ0) is 12.3. The van der Waals surface area contributed by atoms with E-state index in [-0.39, 0.29) is 11.3 Å². The molecule has 0 saturated carbocycles. The molecule has 0 radical (unpaired) electrons. The van der Waals surface area contributed by atoms with E-state index in [0.717, 1.165) is 13.2 Å². The number of aromatic hydroxyl groups is 1. The number of aliphatic hydroxyl groups excluding tert-OH is 1. The largest absolute Gasteiger partial charge is 0.508 e. The van der Waals surface area contributed by atoms with Crippen molar-refractivity contribution in [3.8, 4) is 5.75 Å². The number of benzene rings is 1. The molecule has 0 fully saturated rings. The lowest BCUT2D eigenvalue weighted by Crippen LogP contribution is -2.45. The van der Waals surface area contributed by atoms with E-state index in [1.54, 1.807) is 0 Å². The van der Waals surface area contributed by atoms with E-state index in [1.807, 2.05) is 0 Å². The van der Waals surface area contributed by atoms with E-state index in [9.17, 15) is 20.1 Å². The van der Waals surface area contributed by atoms with Gasteiger partial charge in [0.25, 0.3) is 0 Å². The lowest BCUT2D eigenvalue weighted by molar-refractivity contribution is -0.239. The fraction of sp³-hybridized carbons (Fsp3) is 0.300. The van der Waals surface area contributed by atoms with Crippen molar-refractivity contribution in [2.75, 3.05) is 7.11 Å². The Labute approximate surface area is 91.3 Å². The second-order valence-electron chi connectivity index (χ2n) is 3.20. The number of aliphatic hydroxyl groups is 3. The third kappa shape index (κ3) is 2.30. The van der Waals surface area contributed by atoms with Crippen molar-refractivity contribution in [2.45, 2.75) is 11.9 Å². The Balaban J connectivity index is 3.05. The number of esters is 1. The van der Waals surface area contributed by atoms with Crippen molar-refractivity contribution in [2.24, 2.45) is 0 Å². The van der Waals surface area contributed by atoms with Crippen molar-refractivity contribution < 1.29 is 30.0 Å². The minimum Gasteiger partial charge on any atom is -0.508 e. The number of hydrogen-bond acceptors (Lipinski definition) is 6. The number of ether oxygens (including phenoxy) is 1. The van der Waals surface area contributed by atoms with E-state index in [4.69, 9.17) is 5.11 Å². The van der Waals surface area contributed by atoms with Crippen LogP contribution in [0.5, 0.6) is 5.75 Å². The average molecular weight is 228 g/mol. The summed E-state index contributed by atoms with van der Waals surface area (Å²) < 4.78 is 4.18. The molecule has 0 heterocycles. The first-order valence-corrected chi connectivity index (χ1v) is 4.39. The van der Waals surface area contributed by atoms with Gasteiger partial charge in [0.05, 0.1) is 7.11 Å². The van der Waals surface area contributed by atoms with Gasteiger partial charge in [-0.2, -0.15) is 0 Å². The molecule has 0 aliphatic rings. The molecule has 0 amide bonds. The zero-order valence-electron chi connectivity index (χ0n) is 8.49. The zero-order valence-corrected chi connectivity index (χ0v) is 8.49. The van der Waals surface area contributed by atoms with Crippen LogP contribution < -0.4 is 0 Å². The highest BCUT2D eigenvalue weighted by molar-refractivity contribution is 5.75. The predicted molar refractivity (Wildman–Crippen MR) is 52.2 cm³/mol. The van der Waals surface area contributed by atoms with Gasteiger partial charge in [-0.1, -0.05) is 12.1 Å². The van der Waals surface area contributed by atoms with Crippen LogP contribution in [0, 0.1) is 0 Å². The quantitative estimate of drug-likeness (QED) is 0.393. The first-order valence-electron chi connectivity index (χ1n) is 4.39. The van der Waals surface area contributed by atoms with Gasteiger partial charge in [0, 0.05) is 5.56 Å². The summed E-state index contributed by atoms with van der Waals surface area (Å²) >= 11 is 0. The normalized spacial score (nSPS) is 13.2. The summed E-state index contributed by atoms with van der Waals surface area (Å²) in [6.45, 7) is 0. The fourth-order valence-corrected chi connectivity index (χ4v) is 1.17. The topological polar surface area (TPSA) is 107 Å². The summed E-state index contributed by atoms with van der Waals surface area (Å²) in [6, 6.07) is 4.91. The maximum absolute atomic E-state index is 11.0. The lowest BCUT2D eigenvalue weighted by Gasteiger charge is -2.25. The van der Waals surface area contributed by atoms with Crippen LogP contribution in [0.15, 0.2) is 24.3 Å². The summed E-state index contributed by atoms with van der Waals surface area (Å²) in [4.78, 5) is 11.0. The van der Waals surface area contributed by atoms with Gasteiger partial charge in [0.1, 0.15) is 5.75 Å². The van der Waals surface area contributed by atoms with Crippen LogP contribution >= 0.6 is 0 Å². The fourth-order valence-electron chi connectivity index (χ4n) is 1.17. The Bertz CT molecular complexity index is 387. The summed E-state index contributed by atoms with van der Waals surface area (Å²) in [7, 11) is 1.00. The van der Waals surface area contributed by atoms with Crippen LogP contribution in [0.4, 0.5) is 0 Å². The van der Waals surface area contributed by atoms with Crippen LogP contribution in [-0.4, -0.2) is 39.6 Å². The van der Waals surface area contributed by atoms with Crippen LogP contribution in [-0.2, 0) is 15.3 Å². The Kier molecular flexibility index (Phi) is 3.48. The second kappa shape index (κ2) is 4.48. The molecule has 0 aliphatic heterocycles. The van der Waals surface area contributed by atoms with Gasteiger partial charge in [-0.3, -0.25) is 0 Å². The smallest absolute Gasteiger partial charge is 0.340 e. The van der Waals surface area contributed by atoms with Gasteiger partial charge in [-0.15, -0.1) is 0 Å². The Morgan fingerprint density at radius 3 is 2.56 bits per heavy atom. The molecule has 1 aromatic carbocycles. The van der Waals surface area contributed by atoms with Crippen LogP contribution in [0.1, 0.15) is 5.56 Å². The van der Waals surface area contributed by atoms with Crippen molar-refractivity contribution in [3.05, 3.63) is 29.8 Å². The standard InChI is InChI=1S/C10H12O6/c1-16-9(13)8(12)10(14,15)6-3-2-4-7(11)5-6/h2-5,8,11-12,14-15H,1H3. The molecule has 6 heteroatoms. The number of rotatable bonds is 3. The molecule has 0 bridgehead atoms. The van der Waals surface area contributed by atoms with E-state index < -0.39 is 17.9 Å². The van der Waals surface area contributed by atoms with Gasteiger partial charge in [-0.05, 0) is 12.1 Å². The monoisotopic (exact) mass is 228 g/mol. The third-order valence-electron chi connectivity index (χ3n) is 2.08. The molecule has 88 valence electrons. The minimum absolute atomic E-state index is 0.217. The minimum atomic E-state index is -2.81. The number of phenols is 1. The van der Waals surface area contributed by atoms with Gasteiger partial charge < -0.3 is 25.2 Å². The Morgan fingerprint density at radius 1 is 1.44 bits per heavy atom. The predicted octanol–water partition coefficient (Wildman–Crippen LogP) is -0.937. The molecular formula is C10H12O6. The number of carbonyl (C=O) groups is 1. The summed E-state index contributed by atoms with van der Waals surface area (Å²) in [5.74, 6) is -4.22. The van der Waals surface area contributed by atoms with Crippen molar-refractivity contribution >= 4 is 5.97 Å². The molecule has 1 atom stereocenters. The number of phenolic OH excluding ortho intramolecular Hbond substituents is 1. The molecule has 1 unspecified atom stereocenters. The summed E-state index contributed by atoms with van der Waals surface area (Å²) in [5, 5.41) is 37.6. The van der Waals surface area contributed by atoms with Gasteiger partial charge in [0.15, 0.2) is 0 Å².